The van der Waals surface area contributed by atoms with Crippen molar-refractivity contribution in [2.45, 2.75) is 56.1 Å². The highest BCUT2D eigenvalue weighted by molar-refractivity contribution is 6.31. The van der Waals surface area contributed by atoms with Gasteiger partial charge in [-0.3, -0.25) is 10.2 Å². The summed E-state index contributed by atoms with van der Waals surface area (Å²) < 4.78 is 0. The highest BCUT2D eigenvalue weighted by atomic mass is 35.5. The van der Waals surface area contributed by atoms with E-state index in [4.69, 9.17) is 17.3 Å². The summed E-state index contributed by atoms with van der Waals surface area (Å²) in [4.78, 5) is 14.6. The van der Waals surface area contributed by atoms with E-state index in [1.165, 1.54) is 0 Å². The minimum Gasteiger partial charge on any atom is -0.341 e. The number of nitrogens with one attached hydrogen (secondary N) is 2. The molecule has 136 valence electrons. The molecule has 25 heavy (non-hydrogen) atoms. The van der Waals surface area contributed by atoms with Gasteiger partial charge in [0.2, 0.25) is 5.91 Å². The zero-order valence-electron chi connectivity index (χ0n) is 14.5. The van der Waals surface area contributed by atoms with E-state index in [9.17, 15) is 4.79 Å². The van der Waals surface area contributed by atoms with Crippen LogP contribution in [-0.2, 0) is 4.79 Å². The number of nitrogens with zero attached hydrogens (tertiary/aromatic N) is 1. The molecule has 1 aromatic carbocycles. The zero-order chi connectivity index (χ0) is 17.4. The largest absolute Gasteiger partial charge is 0.341 e. The van der Waals surface area contributed by atoms with Crippen LogP contribution >= 0.6 is 11.6 Å². The molecule has 3 aliphatic rings. The van der Waals surface area contributed by atoms with Crippen molar-refractivity contribution in [1.29, 1.82) is 0 Å². The van der Waals surface area contributed by atoms with Gasteiger partial charge in [-0.1, -0.05) is 29.8 Å². The van der Waals surface area contributed by atoms with Crippen LogP contribution in [-0.4, -0.2) is 35.5 Å². The van der Waals surface area contributed by atoms with Gasteiger partial charge in [-0.05, 0) is 56.1 Å². The molecule has 1 amide bonds. The second-order valence-corrected chi connectivity index (χ2v) is 8.25. The Morgan fingerprint density at radius 2 is 1.92 bits per heavy atom. The van der Waals surface area contributed by atoms with Gasteiger partial charge in [0.25, 0.3) is 0 Å². The predicted molar refractivity (Wildman–Crippen MR) is 98.9 cm³/mol. The molecular formula is C19H27ClN4O. The van der Waals surface area contributed by atoms with Crippen molar-refractivity contribution in [3.05, 3.63) is 34.9 Å². The third-order valence-electron chi connectivity index (χ3n) is 6.28. The van der Waals surface area contributed by atoms with Crippen LogP contribution in [0.15, 0.2) is 24.3 Å². The van der Waals surface area contributed by atoms with Gasteiger partial charge in [-0.25, -0.2) is 5.43 Å². The normalized spacial score (nSPS) is 29.4. The molecule has 5 nitrogen and oxygen atoms in total. The standard InChI is InChI=1S/C19H27ClN4O/c20-15-5-2-1-4-14(15)17-12-16(22-23-17)13-6-10-24(11-7-13)18(25)19(21)8-3-9-19/h1-2,4-5,13,16-17,22-23H,3,6-12,21H2. The van der Waals surface area contributed by atoms with Crippen molar-refractivity contribution in [2.75, 3.05) is 13.1 Å². The first kappa shape index (κ1) is 17.3. The lowest BCUT2D eigenvalue weighted by Gasteiger charge is -2.43. The van der Waals surface area contributed by atoms with Crippen molar-refractivity contribution < 1.29 is 4.79 Å². The summed E-state index contributed by atoms with van der Waals surface area (Å²) in [5.41, 5.74) is 13.7. The molecule has 4 N–H and O–H groups in total. The molecular weight excluding hydrogens is 336 g/mol. The van der Waals surface area contributed by atoms with Gasteiger partial charge in [0.05, 0.1) is 5.54 Å². The minimum atomic E-state index is -0.560. The van der Waals surface area contributed by atoms with Crippen molar-refractivity contribution >= 4 is 17.5 Å². The van der Waals surface area contributed by atoms with E-state index in [2.05, 4.69) is 16.9 Å². The molecule has 0 spiro atoms. The summed E-state index contributed by atoms with van der Waals surface area (Å²) in [6, 6.07) is 8.70. The average Bonchev–Trinajstić information content (AvgIpc) is 3.09. The van der Waals surface area contributed by atoms with E-state index in [0.29, 0.717) is 12.0 Å². The molecule has 1 aromatic rings. The van der Waals surface area contributed by atoms with Crippen LogP contribution in [0.25, 0.3) is 0 Å². The van der Waals surface area contributed by atoms with Gasteiger partial charge in [0.15, 0.2) is 0 Å². The molecule has 2 heterocycles. The van der Waals surface area contributed by atoms with Crippen LogP contribution in [0.4, 0.5) is 0 Å². The Morgan fingerprint density at radius 1 is 1.20 bits per heavy atom. The molecule has 3 fully saturated rings. The third-order valence-corrected chi connectivity index (χ3v) is 6.63. The lowest BCUT2D eigenvalue weighted by molar-refractivity contribution is -0.141. The first-order valence-electron chi connectivity index (χ1n) is 9.40. The fourth-order valence-corrected chi connectivity index (χ4v) is 4.71. The van der Waals surface area contributed by atoms with Crippen molar-refractivity contribution in [1.82, 2.24) is 15.8 Å². The summed E-state index contributed by atoms with van der Waals surface area (Å²) in [6.07, 6.45) is 5.88. The lowest BCUT2D eigenvalue weighted by atomic mass is 9.76. The number of piperidine rings is 1. The molecule has 0 aromatic heterocycles. The molecule has 1 saturated carbocycles. The van der Waals surface area contributed by atoms with Gasteiger partial charge in [-0.15, -0.1) is 0 Å². The summed E-state index contributed by atoms with van der Waals surface area (Å²) in [6.45, 7) is 1.66. The number of amides is 1. The predicted octanol–water partition coefficient (Wildman–Crippen LogP) is 2.37. The van der Waals surface area contributed by atoms with Crippen molar-refractivity contribution in [2.24, 2.45) is 11.7 Å². The molecule has 4 rings (SSSR count). The maximum Gasteiger partial charge on any atom is 0.242 e. The second kappa shape index (κ2) is 6.88. The molecule has 2 atom stereocenters. The lowest BCUT2D eigenvalue weighted by Crippen LogP contribution is -2.61. The average molecular weight is 363 g/mol. The Kier molecular flexibility index (Phi) is 4.75. The minimum absolute atomic E-state index is 0.170. The van der Waals surface area contributed by atoms with Gasteiger partial charge in [0, 0.05) is 30.2 Å². The van der Waals surface area contributed by atoms with Crippen LogP contribution in [0.2, 0.25) is 5.02 Å². The Morgan fingerprint density at radius 3 is 2.56 bits per heavy atom. The number of hydrogen-bond acceptors (Lipinski definition) is 4. The van der Waals surface area contributed by atoms with Crippen LogP contribution in [0.5, 0.6) is 0 Å². The third kappa shape index (κ3) is 3.31. The Bertz CT molecular complexity index is 640. The number of carbonyl (C=O) groups is 1. The van der Waals surface area contributed by atoms with E-state index in [-0.39, 0.29) is 11.9 Å². The molecule has 1 aliphatic carbocycles. The van der Waals surface area contributed by atoms with E-state index in [1.54, 1.807) is 0 Å². The first-order valence-corrected chi connectivity index (χ1v) is 9.78. The fourth-order valence-electron chi connectivity index (χ4n) is 4.44. The summed E-state index contributed by atoms with van der Waals surface area (Å²) in [5, 5.41) is 0.816. The topological polar surface area (TPSA) is 70.4 Å². The SMILES string of the molecule is NC1(C(=O)N2CCC(C3CC(c4ccccc4Cl)NN3)CC2)CCC1. The van der Waals surface area contributed by atoms with Crippen molar-refractivity contribution in [3.63, 3.8) is 0 Å². The Hall–Kier alpha value is -1.14. The number of hydrazine groups is 1. The van der Waals surface area contributed by atoms with Gasteiger partial charge in [0.1, 0.15) is 0 Å². The van der Waals surface area contributed by atoms with E-state index < -0.39 is 5.54 Å². The Balaban J connectivity index is 1.31. The van der Waals surface area contributed by atoms with E-state index in [1.807, 2.05) is 23.1 Å². The number of likely N-dealkylation sites (tertiary alicyclic amines) is 1. The number of rotatable bonds is 3. The van der Waals surface area contributed by atoms with Gasteiger partial charge in [-0.2, -0.15) is 0 Å². The van der Waals surface area contributed by atoms with E-state index in [0.717, 1.165) is 62.2 Å². The summed E-state index contributed by atoms with van der Waals surface area (Å²) >= 11 is 6.33. The second-order valence-electron chi connectivity index (χ2n) is 7.84. The van der Waals surface area contributed by atoms with Crippen LogP contribution in [0.1, 0.15) is 50.1 Å². The van der Waals surface area contributed by atoms with Gasteiger partial charge < -0.3 is 10.6 Å². The molecule has 2 saturated heterocycles. The quantitative estimate of drug-likeness (QED) is 0.772. The Labute approximate surface area is 154 Å². The van der Waals surface area contributed by atoms with Crippen LogP contribution < -0.4 is 16.6 Å². The maximum atomic E-state index is 12.6. The van der Waals surface area contributed by atoms with E-state index >= 15 is 0 Å². The summed E-state index contributed by atoms with van der Waals surface area (Å²) in [7, 11) is 0. The number of nitrogens with two attached hydrogens (primary N) is 1. The molecule has 2 unspecified atom stereocenters. The molecule has 2 aliphatic heterocycles. The highest BCUT2D eigenvalue weighted by Gasteiger charge is 2.44. The molecule has 6 heteroatoms. The maximum absolute atomic E-state index is 12.6. The van der Waals surface area contributed by atoms with Crippen molar-refractivity contribution in [3.8, 4) is 0 Å². The number of hydrogen-bond donors (Lipinski definition) is 3. The number of halogens is 1. The highest BCUT2D eigenvalue weighted by Crippen LogP contribution is 2.35. The first-order chi connectivity index (χ1) is 12.1. The van der Waals surface area contributed by atoms with Crippen LogP contribution in [0, 0.1) is 5.92 Å². The zero-order valence-corrected chi connectivity index (χ0v) is 15.3. The fraction of sp³-hybridized carbons (Fsp3) is 0.632. The molecule has 0 radical (unpaired) electrons. The van der Waals surface area contributed by atoms with Crippen LogP contribution in [0.3, 0.4) is 0 Å². The number of benzene rings is 1. The van der Waals surface area contributed by atoms with Gasteiger partial charge >= 0.3 is 0 Å². The number of carbonyl (C=O) groups excluding carboxylic acids is 1. The summed E-state index contributed by atoms with van der Waals surface area (Å²) in [5.74, 6) is 0.753. The molecule has 0 bridgehead atoms. The monoisotopic (exact) mass is 362 g/mol. The smallest absolute Gasteiger partial charge is 0.242 e.